The summed E-state index contributed by atoms with van der Waals surface area (Å²) in [5, 5.41) is 17.1. The molecule has 0 bridgehead atoms. The number of hydrogen-bond donors (Lipinski definition) is 0. The maximum absolute atomic E-state index is 14.4. The van der Waals surface area contributed by atoms with E-state index in [4.69, 9.17) is 0 Å². The van der Waals surface area contributed by atoms with Crippen molar-refractivity contribution in [1.82, 2.24) is 14.8 Å². The first kappa shape index (κ1) is 18.5. The zero-order chi connectivity index (χ0) is 19.4. The lowest BCUT2D eigenvalue weighted by molar-refractivity contribution is 0.610. The Bertz CT molecular complexity index is 1050. The van der Waals surface area contributed by atoms with Crippen molar-refractivity contribution in [1.29, 1.82) is 5.26 Å². The fourth-order valence-corrected chi connectivity index (χ4v) is 2.99. The molecule has 0 saturated carbocycles. The maximum Gasteiger partial charge on any atom is 0.251 e. The van der Waals surface area contributed by atoms with Crippen molar-refractivity contribution in [2.24, 2.45) is 5.92 Å². The number of nitrogens with zero attached hydrogens (tertiary/aromatic N) is 4. The molecule has 1 aromatic carbocycles. The molecule has 6 heteroatoms. The lowest BCUT2D eigenvalue weighted by Gasteiger charge is -2.12. The van der Waals surface area contributed by atoms with Gasteiger partial charge < -0.3 is 4.57 Å². The molecule has 0 aliphatic carbocycles. The Morgan fingerprint density at radius 3 is 2.70 bits per heavy atom. The van der Waals surface area contributed by atoms with E-state index in [1.807, 2.05) is 19.9 Å². The Labute approximate surface area is 156 Å². The molecule has 0 N–H and O–H groups in total. The van der Waals surface area contributed by atoms with Gasteiger partial charge in [-0.2, -0.15) is 15.5 Å². The zero-order valence-electron chi connectivity index (χ0n) is 15.2. The number of rotatable bonds is 5. The van der Waals surface area contributed by atoms with Gasteiger partial charge in [0.25, 0.3) is 5.56 Å². The lowest BCUT2D eigenvalue weighted by atomic mass is 9.94. The van der Waals surface area contributed by atoms with E-state index < -0.39 is 5.82 Å². The number of benzene rings is 1. The fourth-order valence-electron chi connectivity index (χ4n) is 2.99. The van der Waals surface area contributed by atoms with Crippen molar-refractivity contribution in [2.75, 3.05) is 0 Å². The van der Waals surface area contributed by atoms with Crippen LogP contribution >= 0.6 is 0 Å². The lowest BCUT2D eigenvalue weighted by Crippen LogP contribution is -2.20. The summed E-state index contributed by atoms with van der Waals surface area (Å²) in [6.07, 6.45) is 3.89. The van der Waals surface area contributed by atoms with Crippen molar-refractivity contribution >= 4 is 0 Å². The Hall–Kier alpha value is -3.33. The first-order chi connectivity index (χ1) is 13.0. The second-order valence-corrected chi connectivity index (χ2v) is 6.81. The van der Waals surface area contributed by atoms with Crippen LogP contribution in [0.5, 0.6) is 0 Å². The van der Waals surface area contributed by atoms with Crippen molar-refractivity contribution in [3.8, 4) is 17.2 Å². The average molecular weight is 362 g/mol. The predicted octanol–water partition coefficient (Wildman–Crippen LogP) is 3.56. The molecule has 0 atom stereocenters. The summed E-state index contributed by atoms with van der Waals surface area (Å²) < 4.78 is 15.9. The largest absolute Gasteiger partial charge is 0.309 e. The standard InChI is InChI=1S/C21H19FN4O/c1-14(2)8-15-9-18(19(12-23)20(22)10-15)16-5-7-26(21(27)11-16)13-17-4-3-6-24-25-17/h3-7,9-11,14H,8,13H2,1-2H3. The minimum atomic E-state index is -0.561. The van der Waals surface area contributed by atoms with Crippen LogP contribution in [-0.2, 0) is 13.0 Å². The normalized spacial score (nSPS) is 10.8. The summed E-state index contributed by atoms with van der Waals surface area (Å²) in [4.78, 5) is 12.5. The minimum absolute atomic E-state index is 0.0476. The Kier molecular flexibility index (Phi) is 5.41. The van der Waals surface area contributed by atoms with Gasteiger partial charge in [0.05, 0.1) is 17.8 Å². The summed E-state index contributed by atoms with van der Waals surface area (Å²) in [5.41, 5.74) is 2.13. The van der Waals surface area contributed by atoms with Crippen LogP contribution in [0.3, 0.4) is 0 Å². The molecule has 0 spiro atoms. The van der Waals surface area contributed by atoms with Crippen LogP contribution in [0.4, 0.5) is 4.39 Å². The van der Waals surface area contributed by atoms with Crippen LogP contribution in [0.15, 0.2) is 53.6 Å². The molecule has 3 rings (SSSR count). The van der Waals surface area contributed by atoms with Crippen molar-refractivity contribution in [3.05, 3.63) is 81.8 Å². The smallest absolute Gasteiger partial charge is 0.251 e. The number of nitriles is 1. The number of hydrogen-bond acceptors (Lipinski definition) is 4. The third-order valence-electron chi connectivity index (χ3n) is 4.17. The quantitative estimate of drug-likeness (QED) is 0.696. The second kappa shape index (κ2) is 7.92. The third kappa shape index (κ3) is 4.26. The number of halogens is 1. The van der Waals surface area contributed by atoms with Gasteiger partial charge in [0.2, 0.25) is 0 Å². The van der Waals surface area contributed by atoms with E-state index in [0.29, 0.717) is 35.7 Å². The third-order valence-corrected chi connectivity index (χ3v) is 4.17. The molecule has 0 amide bonds. The minimum Gasteiger partial charge on any atom is -0.309 e. The number of pyridine rings is 1. The predicted molar refractivity (Wildman–Crippen MR) is 100 cm³/mol. The summed E-state index contributed by atoms with van der Waals surface area (Å²) in [5.74, 6) is -0.209. The molecule has 5 nitrogen and oxygen atoms in total. The van der Waals surface area contributed by atoms with Crippen molar-refractivity contribution in [2.45, 2.75) is 26.8 Å². The SMILES string of the molecule is CC(C)Cc1cc(F)c(C#N)c(-c2ccn(Cc3cccnn3)c(=O)c2)c1. The van der Waals surface area contributed by atoms with Gasteiger partial charge in [0.15, 0.2) is 0 Å². The van der Waals surface area contributed by atoms with Gasteiger partial charge >= 0.3 is 0 Å². The topological polar surface area (TPSA) is 71.6 Å². The molecule has 0 radical (unpaired) electrons. The molecule has 0 unspecified atom stereocenters. The van der Waals surface area contributed by atoms with E-state index in [9.17, 15) is 14.4 Å². The zero-order valence-corrected chi connectivity index (χ0v) is 15.2. The summed E-state index contributed by atoms with van der Waals surface area (Å²) >= 11 is 0. The summed E-state index contributed by atoms with van der Waals surface area (Å²) in [6.45, 7) is 4.38. The van der Waals surface area contributed by atoms with Crippen molar-refractivity contribution in [3.63, 3.8) is 0 Å². The van der Waals surface area contributed by atoms with Crippen LogP contribution in [0, 0.1) is 23.1 Å². The van der Waals surface area contributed by atoms with Crippen molar-refractivity contribution < 1.29 is 4.39 Å². The molecule has 3 aromatic rings. The van der Waals surface area contributed by atoms with Gasteiger partial charge in [0, 0.05) is 24.0 Å². The number of aromatic nitrogens is 3. The summed E-state index contributed by atoms with van der Waals surface area (Å²) in [7, 11) is 0. The highest BCUT2D eigenvalue weighted by atomic mass is 19.1. The fraction of sp³-hybridized carbons (Fsp3) is 0.238. The highest BCUT2D eigenvalue weighted by Crippen LogP contribution is 2.27. The van der Waals surface area contributed by atoms with E-state index in [1.165, 1.54) is 16.7 Å². The molecule has 0 aliphatic heterocycles. The van der Waals surface area contributed by atoms with E-state index in [1.54, 1.807) is 36.7 Å². The summed E-state index contributed by atoms with van der Waals surface area (Å²) in [6, 6.07) is 11.8. The molecular weight excluding hydrogens is 343 g/mol. The van der Waals surface area contributed by atoms with E-state index >= 15 is 0 Å². The first-order valence-corrected chi connectivity index (χ1v) is 8.68. The van der Waals surface area contributed by atoms with Crippen LogP contribution in [-0.4, -0.2) is 14.8 Å². The highest BCUT2D eigenvalue weighted by molar-refractivity contribution is 5.71. The second-order valence-electron chi connectivity index (χ2n) is 6.81. The Morgan fingerprint density at radius 1 is 1.26 bits per heavy atom. The van der Waals surface area contributed by atoms with Crippen LogP contribution in [0.1, 0.15) is 30.7 Å². The van der Waals surface area contributed by atoms with E-state index in [2.05, 4.69) is 10.2 Å². The van der Waals surface area contributed by atoms with E-state index in [-0.39, 0.29) is 11.1 Å². The van der Waals surface area contributed by atoms with Gasteiger partial charge in [-0.3, -0.25) is 4.79 Å². The van der Waals surface area contributed by atoms with Gasteiger partial charge in [-0.25, -0.2) is 4.39 Å². The van der Waals surface area contributed by atoms with Crippen LogP contribution < -0.4 is 5.56 Å². The van der Waals surface area contributed by atoms with Crippen LogP contribution in [0.25, 0.3) is 11.1 Å². The van der Waals surface area contributed by atoms with Gasteiger partial charge in [-0.15, -0.1) is 0 Å². The van der Waals surface area contributed by atoms with Gasteiger partial charge in [-0.1, -0.05) is 13.8 Å². The molecule has 2 aromatic heterocycles. The maximum atomic E-state index is 14.4. The highest BCUT2D eigenvalue weighted by Gasteiger charge is 2.14. The van der Waals surface area contributed by atoms with Gasteiger partial charge in [-0.05, 0) is 53.8 Å². The van der Waals surface area contributed by atoms with Gasteiger partial charge in [0.1, 0.15) is 11.9 Å². The molecular formula is C21H19FN4O. The van der Waals surface area contributed by atoms with E-state index in [0.717, 1.165) is 5.56 Å². The molecule has 0 aliphatic rings. The molecule has 27 heavy (non-hydrogen) atoms. The Balaban J connectivity index is 2.01. The molecule has 136 valence electrons. The monoisotopic (exact) mass is 362 g/mol. The molecule has 0 saturated heterocycles. The molecule has 2 heterocycles. The Morgan fingerprint density at radius 2 is 2.07 bits per heavy atom. The average Bonchev–Trinajstić information content (AvgIpc) is 2.63. The van der Waals surface area contributed by atoms with Crippen LogP contribution in [0.2, 0.25) is 0 Å². The first-order valence-electron chi connectivity index (χ1n) is 8.68. The molecule has 0 fully saturated rings.